The number of nitrogens with two attached hydrogens (primary N) is 1. The van der Waals surface area contributed by atoms with Gasteiger partial charge in [-0.15, -0.1) is 0 Å². The van der Waals surface area contributed by atoms with Crippen molar-refractivity contribution in [3.05, 3.63) is 23.3 Å². The van der Waals surface area contributed by atoms with Gasteiger partial charge in [-0.1, -0.05) is 20.8 Å². The highest BCUT2D eigenvalue weighted by Crippen LogP contribution is 2.35. The van der Waals surface area contributed by atoms with Crippen LogP contribution in [0, 0.1) is 6.92 Å². The Morgan fingerprint density at radius 3 is 2.24 bits per heavy atom. The van der Waals surface area contributed by atoms with Crippen molar-refractivity contribution in [1.82, 2.24) is 4.90 Å². The van der Waals surface area contributed by atoms with E-state index < -0.39 is 10.0 Å². The molecular weight excluding hydrogens is 288 g/mol. The third-order valence-corrected chi connectivity index (χ3v) is 4.24. The van der Waals surface area contributed by atoms with Crippen molar-refractivity contribution in [1.29, 1.82) is 0 Å². The molecule has 0 fully saturated rings. The number of sulfonamides is 1. The van der Waals surface area contributed by atoms with E-state index in [0.717, 1.165) is 12.1 Å². The van der Waals surface area contributed by atoms with Gasteiger partial charge in [0.2, 0.25) is 10.0 Å². The molecule has 0 unspecified atom stereocenters. The number of hydrogen-bond acceptors (Lipinski definition) is 4. The van der Waals surface area contributed by atoms with Crippen LogP contribution in [0.3, 0.4) is 0 Å². The second-order valence-electron chi connectivity index (χ2n) is 6.56. The quantitative estimate of drug-likeness (QED) is 0.900. The Morgan fingerprint density at radius 1 is 1.24 bits per heavy atom. The Morgan fingerprint density at radius 2 is 1.81 bits per heavy atom. The van der Waals surface area contributed by atoms with Gasteiger partial charge in [0.15, 0.2) is 0 Å². The number of benzene rings is 1. The Labute approximate surface area is 128 Å². The monoisotopic (exact) mass is 314 g/mol. The standard InChI is InChI=1S/C15H26N2O3S/c1-11-9-13(20-8-7-17(5)6)12(15(2,3)4)10-14(11)21(16,18)19/h9-10H,7-8H2,1-6H3,(H2,16,18,19). The molecule has 1 rings (SSSR count). The van der Waals surface area contributed by atoms with E-state index >= 15 is 0 Å². The Balaban J connectivity index is 3.27. The molecule has 0 saturated carbocycles. The molecule has 0 radical (unpaired) electrons. The summed E-state index contributed by atoms with van der Waals surface area (Å²) in [5.41, 5.74) is 1.21. The molecule has 2 N–H and O–H groups in total. The summed E-state index contributed by atoms with van der Waals surface area (Å²) in [4.78, 5) is 2.19. The summed E-state index contributed by atoms with van der Waals surface area (Å²) in [7, 11) is 0.220. The van der Waals surface area contributed by atoms with Gasteiger partial charge in [0, 0.05) is 12.1 Å². The molecule has 0 aliphatic heterocycles. The van der Waals surface area contributed by atoms with Gasteiger partial charge in [-0.3, -0.25) is 0 Å². The maximum atomic E-state index is 11.7. The molecule has 21 heavy (non-hydrogen) atoms. The third kappa shape index (κ3) is 4.98. The third-order valence-electron chi connectivity index (χ3n) is 3.19. The van der Waals surface area contributed by atoms with Gasteiger partial charge in [0.1, 0.15) is 12.4 Å². The van der Waals surface area contributed by atoms with Crippen LogP contribution in [0.25, 0.3) is 0 Å². The zero-order chi connectivity index (χ0) is 16.4. The molecule has 0 bridgehead atoms. The molecule has 5 nitrogen and oxygen atoms in total. The maximum Gasteiger partial charge on any atom is 0.238 e. The first-order valence-corrected chi connectivity index (χ1v) is 8.43. The van der Waals surface area contributed by atoms with Crippen molar-refractivity contribution in [3.63, 3.8) is 0 Å². The van der Waals surface area contributed by atoms with Crippen molar-refractivity contribution in [2.45, 2.75) is 38.0 Å². The van der Waals surface area contributed by atoms with Crippen LogP contribution < -0.4 is 9.88 Å². The molecule has 0 aromatic heterocycles. The maximum absolute atomic E-state index is 11.7. The van der Waals surface area contributed by atoms with Gasteiger partial charge in [-0.05, 0) is 44.1 Å². The summed E-state index contributed by atoms with van der Waals surface area (Å²) in [5, 5.41) is 5.28. The van der Waals surface area contributed by atoms with Gasteiger partial charge >= 0.3 is 0 Å². The first kappa shape index (κ1) is 17.9. The summed E-state index contributed by atoms with van der Waals surface area (Å²) >= 11 is 0. The van der Waals surface area contributed by atoms with Crippen LogP contribution >= 0.6 is 0 Å². The molecular formula is C15H26N2O3S. The number of primary sulfonamides is 1. The van der Waals surface area contributed by atoms with Gasteiger partial charge in [-0.2, -0.15) is 0 Å². The molecule has 0 atom stereocenters. The fourth-order valence-corrected chi connectivity index (χ4v) is 2.80. The van der Waals surface area contributed by atoms with Crippen molar-refractivity contribution in [3.8, 4) is 5.75 Å². The summed E-state index contributed by atoms with van der Waals surface area (Å²) in [6.07, 6.45) is 0. The Kier molecular flexibility index (Phi) is 5.41. The minimum Gasteiger partial charge on any atom is -0.492 e. The summed E-state index contributed by atoms with van der Waals surface area (Å²) in [6.45, 7) is 9.12. The van der Waals surface area contributed by atoms with Crippen LogP contribution in [0.4, 0.5) is 0 Å². The average molecular weight is 314 g/mol. The lowest BCUT2D eigenvalue weighted by molar-refractivity contribution is 0.256. The van der Waals surface area contributed by atoms with E-state index in [9.17, 15) is 8.42 Å². The predicted octanol–water partition coefficient (Wildman–Crippen LogP) is 1.88. The van der Waals surface area contributed by atoms with E-state index in [4.69, 9.17) is 9.88 Å². The van der Waals surface area contributed by atoms with Crippen LogP contribution in [0.5, 0.6) is 5.75 Å². The van der Waals surface area contributed by atoms with Crippen molar-refractivity contribution < 1.29 is 13.2 Å². The molecule has 0 aliphatic carbocycles. The number of nitrogens with zero attached hydrogens (tertiary/aromatic N) is 1. The van der Waals surface area contributed by atoms with Crippen molar-refractivity contribution in [2.24, 2.45) is 5.14 Å². The van der Waals surface area contributed by atoms with Crippen LogP contribution in [0.2, 0.25) is 0 Å². The lowest BCUT2D eigenvalue weighted by Crippen LogP contribution is -2.22. The van der Waals surface area contributed by atoms with E-state index in [1.54, 1.807) is 19.1 Å². The topological polar surface area (TPSA) is 72.6 Å². The smallest absolute Gasteiger partial charge is 0.238 e. The van der Waals surface area contributed by atoms with E-state index in [1.165, 1.54) is 0 Å². The van der Waals surface area contributed by atoms with Crippen LogP contribution in [-0.4, -0.2) is 40.6 Å². The zero-order valence-electron chi connectivity index (χ0n) is 13.7. The van der Waals surface area contributed by atoms with E-state index in [0.29, 0.717) is 17.9 Å². The highest BCUT2D eigenvalue weighted by molar-refractivity contribution is 7.89. The lowest BCUT2D eigenvalue weighted by Gasteiger charge is -2.25. The number of hydrogen-bond donors (Lipinski definition) is 1. The second-order valence-corrected chi connectivity index (χ2v) is 8.09. The minimum atomic E-state index is -3.73. The lowest BCUT2D eigenvalue weighted by atomic mass is 9.86. The van der Waals surface area contributed by atoms with Gasteiger partial charge in [-0.25, -0.2) is 13.6 Å². The van der Waals surface area contributed by atoms with E-state index in [1.807, 2.05) is 39.8 Å². The molecule has 120 valence electrons. The first-order valence-electron chi connectivity index (χ1n) is 6.88. The largest absolute Gasteiger partial charge is 0.492 e. The fraction of sp³-hybridized carbons (Fsp3) is 0.600. The number of likely N-dealkylation sites (N-methyl/N-ethyl adjacent to an activating group) is 1. The average Bonchev–Trinajstić information content (AvgIpc) is 2.24. The number of ether oxygens (including phenoxy) is 1. The summed E-state index contributed by atoms with van der Waals surface area (Å²) in [5.74, 6) is 0.717. The second kappa shape index (κ2) is 6.34. The van der Waals surface area contributed by atoms with Crippen LogP contribution in [-0.2, 0) is 15.4 Å². The van der Waals surface area contributed by atoms with E-state index in [-0.39, 0.29) is 10.3 Å². The van der Waals surface area contributed by atoms with E-state index in [2.05, 4.69) is 0 Å². The zero-order valence-corrected chi connectivity index (χ0v) is 14.5. The minimum absolute atomic E-state index is 0.160. The summed E-state index contributed by atoms with van der Waals surface area (Å²) < 4.78 is 29.2. The molecule has 6 heteroatoms. The van der Waals surface area contributed by atoms with Crippen molar-refractivity contribution >= 4 is 10.0 Å². The SMILES string of the molecule is Cc1cc(OCCN(C)C)c(C(C)(C)C)cc1S(N)(=O)=O. The molecule has 1 aromatic rings. The normalized spacial score (nSPS) is 12.8. The van der Waals surface area contributed by atoms with Gasteiger partial charge in [0.25, 0.3) is 0 Å². The molecule has 0 spiro atoms. The molecule has 0 amide bonds. The van der Waals surface area contributed by atoms with Crippen LogP contribution in [0.1, 0.15) is 31.9 Å². The fourth-order valence-electron chi connectivity index (χ4n) is 2.01. The van der Waals surface area contributed by atoms with Crippen molar-refractivity contribution in [2.75, 3.05) is 27.2 Å². The first-order chi connectivity index (χ1) is 9.43. The van der Waals surface area contributed by atoms with Gasteiger partial charge < -0.3 is 9.64 Å². The van der Waals surface area contributed by atoms with Gasteiger partial charge in [0.05, 0.1) is 4.90 Å². The number of rotatable bonds is 5. The highest BCUT2D eigenvalue weighted by atomic mass is 32.2. The van der Waals surface area contributed by atoms with Crippen LogP contribution in [0.15, 0.2) is 17.0 Å². The summed E-state index contributed by atoms with van der Waals surface area (Å²) in [6, 6.07) is 3.39. The Bertz CT molecular complexity index is 602. The molecule has 0 heterocycles. The highest BCUT2D eigenvalue weighted by Gasteiger charge is 2.23. The predicted molar refractivity (Wildman–Crippen MR) is 85.3 cm³/mol. The molecule has 1 aromatic carbocycles. The molecule has 0 saturated heterocycles. The molecule has 0 aliphatic rings. The Hall–Kier alpha value is -1.11. The number of aryl methyl sites for hydroxylation is 1.